The summed E-state index contributed by atoms with van der Waals surface area (Å²) in [6, 6.07) is 6.27. The van der Waals surface area contributed by atoms with Gasteiger partial charge in [0.1, 0.15) is 5.01 Å². The largest absolute Gasteiger partial charge is 0.374 e. The van der Waals surface area contributed by atoms with Gasteiger partial charge in [0, 0.05) is 24.5 Å². The van der Waals surface area contributed by atoms with E-state index >= 15 is 0 Å². The molecule has 0 aliphatic carbocycles. The van der Waals surface area contributed by atoms with Gasteiger partial charge in [0.05, 0.1) is 6.42 Å². The van der Waals surface area contributed by atoms with Gasteiger partial charge in [0.15, 0.2) is 0 Å². The first kappa shape index (κ1) is 15.9. The number of carbonyl (C=O) groups is 1. The Morgan fingerprint density at radius 2 is 2.26 bits per heavy atom. The first-order valence-electron chi connectivity index (χ1n) is 7.99. The van der Waals surface area contributed by atoms with Crippen LogP contribution in [0.5, 0.6) is 0 Å². The Bertz CT molecular complexity index is 645. The Kier molecular flexibility index (Phi) is 5.17. The topological polar surface area (TPSA) is 85.0 Å². The molecule has 6 nitrogen and oxygen atoms in total. The number of aryl methyl sites for hydroxylation is 1. The summed E-state index contributed by atoms with van der Waals surface area (Å²) in [5, 5.41) is 8.84. The molecule has 1 fully saturated rings. The van der Waals surface area contributed by atoms with Gasteiger partial charge in [-0.25, -0.2) is 0 Å². The lowest BCUT2D eigenvalue weighted by molar-refractivity contribution is -0.134. The van der Waals surface area contributed by atoms with Gasteiger partial charge in [-0.05, 0) is 44.2 Å². The maximum atomic E-state index is 12.6. The zero-order chi connectivity index (χ0) is 16.1. The maximum absolute atomic E-state index is 12.6. The van der Waals surface area contributed by atoms with Gasteiger partial charge in [0.2, 0.25) is 11.0 Å². The zero-order valence-electron chi connectivity index (χ0n) is 13.0. The van der Waals surface area contributed by atoms with Crippen LogP contribution < -0.4 is 5.73 Å². The Morgan fingerprint density at radius 1 is 1.35 bits per heavy atom. The minimum atomic E-state index is 0.131. The number of hydrogen-bond acceptors (Lipinski definition) is 6. The highest BCUT2D eigenvalue weighted by Gasteiger charge is 2.27. The summed E-state index contributed by atoms with van der Waals surface area (Å²) >= 11 is 1.29. The van der Waals surface area contributed by atoms with Crippen LogP contribution >= 0.6 is 11.3 Å². The summed E-state index contributed by atoms with van der Waals surface area (Å²) in [5.74, 6) is 0.131. The molecule has 1 atom stereocenters. The second-order valence-electron chi connectivity index (χ2n) is 5.81. The highest BCUT2D eigenvalue weighted by molar-refractivity contribution is 7.15. The molecule has 1 amide bonds. The van der Waals surface area contributed by atoms with Gasteiger partial charge >= 0.3 is 0 Å². The molecular formula is C16H21N5OS. The van der Waals surface area contributed by atoms with Gasteiger partial charge in [0.25, 0.3) is 0 Å². The maximum Gasteiger partial charge on any atom is 0.229 e. The van der Waals surface area contributed by atoms with Crippen molar-refractivity contribution >= 4 is 22.4 Å². The lowest BCUT2D eigenvalue weighted by atomic mass is 9.96. The number of anilines is 1. The van der Waals surface area contributed by atoms with E-state index in [2.05, 4.69) is 15.2 Å². The SMILES string of the molecule is Nc1nnc(CC(=O)N2CCCC[C@@H]2CCc2ccccn2)s1. The third kappa shape index (κ3) is 4.25. The highest BCUT2D eigenvalue weighted by Crippen LogP contribution is 2.23. The minimum absolute atomic E-state index is 0.131. The van der Waals surface area contributed by atoms with Gasteiger partial charge in [-0.2, -0.15) is 0 Å². The molecule has 7 heteroatoms. The summed E-state index contributed by atoms with van der Waals surface area (Å²) in [6.45, 7) is 0.833. The molecule has 0 unspecified atom stereocenters. The fourth-order valence-corrected chi connectivity index (χ4v) is 3.66. The van der Waals surface area contributed by atoms with E-state index in [-0.39, 0.29) is 5.91 Å². The van der Waals surface area contributed by atoms with Crippen LogP contribution in [0.1, 0.15) is 36.4 Å². The molecule has 0 bridgehead atoms. The van der Waals surface area contributed by atoms with E-state index in [4.69, 9.17) is 5.73 Å². The number of aromatic nitrogens is 3. The van der Waals surface area contributed by atoms with Crippen LogP contribution in [0.15, 0.2) is 24.4 Å². The molecule has 0 radical (unpaired) electrons. The lowest BCUT2D eigenvalue weighted by Gasteiger charge is -2.35. The van der Waals surface area contributed by atoms with Gasteiger partial charge in [-0.3, -0.25) is 9.78 Å². The predicted octanol–water partition coefficient (Wildman–Crippen LogP) is 2.07. The van der Waals surface area contributed by atoms with Crippen LogP contribution in [0.25, 0.3) is 0 Å². The zero-order valence-corrected chi connectivity index (χ0v) is 13.8. The van der Waals surface area contributed by atoms with Gasteiger partial charge < -0.3 is 10.6 Å². The third-order valence-electron chi connectivity index (χ3n) is 4.19. The van der Waals surface area contributed by atoms with Crippen LogP contribution in [-0.2, 0) is 17.6 Å². The molecule has 0 saturated carbocycles. The summed E-state index contributed by atoms with van der Waals surface area (Å²) < 4.78 is 0. The van der Waals surface area contributed by atoms with Crippen molar-refractivity contribution in [2.24, 2.45) is 0 Å². The quantitative estimate of drug-likeness (QED) is 0.906. The summed E-state index contributed by atoms with van der Waals surface area (Å²) in [6.07, 6.45) is 7.30. The second kappa shape index (κ2) is 7.50. The van der Waals surface area contributed by atoms with Crippen LogP contribution in [-0.4, -0.2) is 38.6 Å². The average molecular weight is 331 g/mol. The molecule has 3 rings (SSSR count). The van der Waals surface area contributed by atoms with Gasteiger partial charge in [-0.15, -0.1) is 10.2 Å². The van der Waals surface area contributed by atoms with Crippen LogP contribution in [0, 0.1) is 0 Å². The van der Waals surface area contributed by atoms with E-state index in [9.17, 15) is 4.79 Å². The summed E-state index contributed by atoms with van der Waals surface area (Å²) in [5.41, 5.74) is 6.67. The van der Waals surface area contributed by atoms with E-state index in [1.54, 1.807) is 0 Å². The second-order valence-corrected chi connectivity index (χ2v) is 6.90. The number of carbonyl (C=O) groups excluding carboxylic acids is 1. The minimum Gasteiger partial charge on any atom is -0.374 e. The first-order valence-corrected chi connectivity index (χ1v) is 8.81. The van der Waals surface area contributed by atoms with Crippen LogP contribution in [0.2, 0.25) is 0 Å². The fraction of sp³-hybridized carbons (Fsp3) is 0.500. The molecule has 0 spiro atoms. The third-order valence-corrected chi connectivity index (χ3v) is 4.94. The van der Waals surface area contributed by atoms with Crippen molar-refractivity contribution in [1.29, 1.82) is 0 Å². The Balaban J connectivity index is 1.60. The summed E-state index contributed by atoms with van der Waals surface area (Å²) in [4.78, 5) is 19.0. The molecule has 1 aliphatic heterocycles. The number of piperidine rings is 1. The smallest absolute Gasteiger partial charge is 0.229 e. The van der Waals surface area contributed by atoms with E-state index in [0.29, 0.717) is 22.6 Å². The molecule has 0 aromatic carbocycles. The Hall–Kier alpha value is -2.02. The fourth-order valence-electron chi connectivity index (χ4n) is 3.06. The number of pyridine rings is 1. The van der Waals surface area contributed by atoms with Crippen molar-refractivity contribution in [2.45, 2.75) is 44.6 Å². The highest BCUT2D eigenvalue weighted by atomic mass is 32.1. The van der Waals surface area contributed by atoms with Crippen molar-refractivity contribution in [2.75, 3.05) is 12.3 Å². The van der Waals surface area contributed by atoms with Crippen molar-refractivity contribution in [3.05, 3.63) is 35.1 Å². The molecule has 122 valence electrons. The standard InChI is InChI=1S/C16H21N5OS/c17-16-20-19-14(23-16)11-15(22)21-10-4-2-6-13(21)8-7-12-5-1-3-9-18-12/h1,3,5,9,13H,2,4,6-8,10-11H2,(H2,17,20)/t13-/m1/s1. The van der Waals surface area contributed by atoms with E-state index in [1.165, 1.54) is 17.8 Å². The average Bonchev–Trinajstić information content (AvgIpc) is 2.99. The molecule has 2 aromatic heterocycles. The number of hydrogen-bond donors (Lipinski definition) is 1. The van der Waals surface area contributed by atoms with Crippen molar-refractivity contribution < 1.29 is 4.79 Å². The van der Waals surface area contributed by atoms with E-state index in [0.717, 1.165) is 37.9 Å². The van der Waals surface area contributed by atoms with Crippen molar-refractivity contribution in [1.82, 2.24) is 20.1 Å². The van der Waals surface area contributed by atoms with Crippen LogP contribution in [0.4, 0.5) is 5.13 Å². The van der Waals surface area contributed by atoms with E-state index < -0.39 is 0 Å². The molecule has 3 heterocycles. The number of amides is 1. The predicted molar refractivity (Wildman–Crippen MR) is 89.9 cm³/mol. The Morgan fingerprint density at radius 3 is 3.00 bits per heavy atom. The molecule has 2 aromatic rings. The van der Waals surface area contributed by atoms with Crippen molar-refractivity contribution in [3.63, 3.8) is 0 Å². The van der Waals surface area contributed by atoms with Gasteiger partial charge in [-0.1, -0.05) is 17.4 Å². The van der Waals surface area contributed by atoms with Crippen LogP contribution in [0.3, 0.4) is 0 Å². The lowest BCUT2D eigenvalue weighted by Crippen LogP contribution is -2.44. The molecule has 23 heavy (non-hydrogen) atoms. The molecule has 2 N–H and O–H groups in total. The first-order chi connectivity index (χ1) is 11.2. The summed E-state index contributed by atoms with van der Waals surface area (Å²) in [7, 11) is 0. The molecule has 1 saturated heterocycles. The monoisotopic (exact) mass is 331 g/mol. The number of nitrogens with zero attached hydrogens (tertiary/aromatic N) is 4. The Labute approximate surface area is 139 Å². The van der Waals surface area contributed by atoms with E-state index in [1.807, 2.05) is 29.3 Å². The number of likely N-dealkylation sites (tertiary alicyclic amines) is 1. The van der Waals surface area contributed by atoms with Crippen molar-refractivity contribution in [3.8, 4) is 0 Å². The number of nitrogens with two attached hydrogens (primary N) is 1. The molecular weight excluding hydrogens is 310 g/mol. The normalized spacial score (nSPS) is 18.1. The number of nitrogen functional groups attached to an aromatic ring is 1. The number of rotatable bonds is 5. The molecule has 1 aliphatic rings.